The molecule has 0 bridgehead atoms. The van der Waals surface area contributed by atoms with Gasteiger partial charge in [0.05, 0.1) is 9.82 Å². The number of nitro benzene ring substituents is 1. The molecule has 0 atom stereocenters. The van der Waals surface area contributed by atoms with E-state index in [-0.39, 0.29) is 16.3 Å². The maximum atomic E-state index is 13.1. The highest BCUT2D eigenvalue weighted by molar-refractivity contribution is 7.98. The van der Waals surface area contributed by atoms with Gasteiger partial charge in [-0.3, -0.25) is 14.4 Å². The van der Waals surface area contributed by atoms with Crippen LogP contribution < -0.4 is 4.31 Å². The predicted octanol–water partition coefficient (Wildman–Crippen LogP) is 4.23. The summed E-state index contributed by atoms with van der Waals surface area (Å²) >= 11 is 1.36. The van der Waals surface area contributed by atoms with E-state index < -0.39 is 21.0 Å². The van der Waals surface area contributed by atoms with E-state index >= 15 is 0 Å². The van der Waals surface area contributed by atoms with Crippen LogP contribution >= 0.6 is 11.8 Å². The van der Waals surface area contributed by atoms with Crippen LogP contribution in [0.5, 0.6) is 0 Å². The number of hydrogen-bond acceptors (Lipinski definition) is 5. The van der Waals surface area contributed by atoms with Gasteiger partial charge in [0.2, 0.25) is 0 Å². The first-order valence-corrected chi connectivity index (χ1v) is 10.3. The molecule has 2 aromatic carbocycles. The van der Waals surface area contributed by atoms with Crippen molar-refractivity contribution in [2.75, 3.05) is 10.6 Å². The lowest BCUT2D eigenvalue weighted by atomic mass is 10.2. The molecule has 0 saturated carbocycles. The Morgan fingerprint density at radius 2 is 1.72 bits per heavy atom. The molecule has 0 aliphatic rings. The number of thioether (sulfide) groups is 1. The molecule has 2 aromatic rings. The second-order valence-corrected chi connectivity index (χ2v) is 8.51. The average molecular weight is 380 g/mol. The van der Waals surface area contributed by atoms with Crippen molar-refractivity contribution in [3.05, 3.63) is 58.1 Å². The molecule has 0 heterocycles. The Kier molecular flexibility index (Phi) is 5.74. The molecule has 134 valence electrons. The second-order valence-electron chi connectivity index (χ2n) is 5.82. The minimum absolute atomic E-state index is 0.0679. The first kappa shape index (κ1) is 19.3. The van der Waals surface area contributed by atoms with Crippen LogP contribution in [0.15, 0.2) is 52.3 Å². The van der Waals surface area contributed by atoms with Gasteiger partial charge in [0, 0.05) is 17.0 Å². The van der Waals surface area contributed by atoms with Crippen LogP contribution in [0, 0.1) is 17.0 Å². The Balaban J connectivity index is 2.66. The summed E-state index contributed by atoms with van der Waals surface area (Å²) in [7, 11) is -3.92. The molecule has 0 saturated heterocycles. The summed E-state index contributed by atoms with van der Waals surface area (Å²) in [4.78, 5) is 11.8. The van der Waals surface area contributed by atoms with Crippen LogP contribution in [0.2, 0.25) is 0 Å². The quantitative estimate of drug-likeness (QED) is 0.426. The zero-order chi connectivity index (χ0) is 18.8. The maximum absolute atomic E-state index is 13.1. The normalized spacial score (nSPS) is 11.6. The smallest absolute Gasteiger partial charge is 0.258 e. The van der Waals surface area contributed by atoms with Crippen LogP contribution in [0.1, 0.15) is 19.4 Å². The van der Waals surface area contributed by atoms with Crippen LogP contribution in [-0.2, 0) is 10.0 Å². The van der Waals surface area contributed by atoms with Gasteiger partial charge in [-0.2, -0.15) is 0 Å². The molecule has 8 heteroatoms. The Hall–Kier alpha value is -2.06. The van der Waals surface area contributed by atoms with Gasteiger partial charge in [-0.15, -0.1) is 11.8 Å². The number of hydrogen-bond donors (Lipinski definition) is 0. The van der Waals surface area contributed by atoms with E-state index in [1.165, 1.54) is 36.0 Å². The minimum Gasteiger partial charge on any atom is -0.258 e. The van der Waals surface area contributed by atoms with Crippen molar-refractivity contribution in [1.82, 2.24) is 0 Å². The largest absolute Gasteiger partial charge is 0.294 e. The van der Waals surface area contributed by atoms with Crippen LogP contribution in [-0.4, -0.2) is 25.6 Å². The van der Waals surface area contributed by atoms with Gasteiger partial charge in [-0.25, -0.2) is 8.42 Å². The second kappa shape index (κ2) is 7.45. The molecule has 0 spiro atoms. The van der Waals surface area contributed by atoms with Crippen molar-refractivity contribution in [3.8, 4) is 0 Å². The first-order chi connectivity index (χ1) is 11.7. The summed E-state index contributed by atoms with van der Waals surface area (Å²) in [6, 6.07) is 10.5. The zero-order valence-corrected chi connectivity index (χ0v) is 16.1. The van der Waals surface area contributed by atoms with E-state index in [0.29, 0.717) is 4.90 Å². The van der Waals surface area contributed by atoms with Gasteiger partial charge in [0.25, 0.3) is 15.7 Å². The molecule has 0 aliphatic carbocycles. The van der Waals surface area contributed by atoms with E-state index in [2.05, 4.69) is 0 Å². The molecule has 0 unspecified atom stereocenters. The molecular formula is C17H20N2O4S2. The minimum atomic E-state index is -3.92. The molecule has 0 N–H and O–H groups in total. The fourth-order valence-electron chi connectivity index (χ4n) is 2.47. The highest BCUT2D eigenvalue weighted by Crippen LogP contribution is 2.36. The van der Waals surface area contributed by atoms with Crippen molar-refractivity contribution in [1.29, 1.82) is 0 Å². The molecule has 0 fully saturated rings. The Morgan fingerprint density at radius 1 is 1.12 bits per heavy atom. The predicted molar refractivity (Wildman–Crippen MR) is 101 cm³/mol. The van der Waals surface area contributed by atoms with Gasteiger partial charge in [-0.05, 0) is 51.3 Å². The van der Waals surface area contributed by atoms with Crippen molar-refractivity contribution in [2.24, 2.45) is 0 Å². The number of rotatable bonds is 6. The molecule has 0 amide bonds. The van der Waals surface area contributed by atoms with Gasteiger partial charge in [0.15, 0.2) is 0 Å². The summed E-state index contributed by atoms with van der Waals surface area (Å²) in [6.07, 6.45) is 1.81. The molecule has 0 aromatic heterocycles. The van der Waals surface area contributed by atoms with Crippen molar-refractivity contribution in [3.63, 3.8) is 0 Å². The highest BCUT2D eigenvalue weighted by atomic mass is 32.2. The maximum Gasteiger partial charge on any atom is 0.294 e. The molecule has 25 heavy (non-hydrogen) atoms. The SMILES string of the molecule is CSc1ccc(N(C(C)C)S(=O)(=O)c2ccc(C)cc2)c([N+](=O)[O-])c1. The number of sulfonamides is 1. The number of nitro groups is 1. The third kappa shape index (κ3) is 3.96. The third-order valence-electron chi connectivity index (χ3n) is 3.66. The number of anilines is 1. The summed E-state index contributed by atoms with van der Waals surface area (Å²) in [5, 5.41) is 11.5. The highest BCUT2D eigenvalue weighted by Gasteiger charge is 2.32. The number of nitrogens with zero attached hydrogens (tertiary/aromatic N) is 2. The zero-order valence-electron chi connectivity index (χ0n) is 14.5. The average Bonchev–Trinajstić information content (AvgIpc) is 2.54. The van der Waals surface area contributed by atoms with E-state index in [0.717, 1.165) is 9.87 Å². The van der Waals surface area contributed by atoms with Crippen LogP contribution in [0.25, 0.3) is 0 Å². The van der Waals surface area contributed by atoms with Crippen molar-refractivity contribution < 1.29 is 13.3 Å². The fraction of sp³-hybridized carbons (Fsp3) is 0.294. The van der Waals surface area contributed by atoms with Crippen LogP contribution in [0.3, 0.4) is 0 Å². The summed E-state index contributed by atoms with van der Waals surface area (Å²) < 4.78 is 27.3. The fourth-order valence-corrected chi connectivity index (χ4v) is 4.58. The van der Waals surface area contributed by atoms with E-state index in [1.54, 1.807) is 32.0 Å². The molecule has 0 aliphatic heterocycles. The lowest BCUT2D eigenvalue weighted by Crippen LogP contribution is -2.37. The standard InChI is InChI=1S/C17H20N2O4S2/c1-12(2)18(25(22,23)15-8-5-13(3)6-9-15)16-10-7-14(24-4)11-17(16)19(20)21/h5-12H,1-4H3. The Labute approximate surface area is 152 Å². The molecule has 0 radical (unpaired) electrons. The monoisotopic (exact) mass is 380 g/mol. The first-order valence-electron chi connectivity index (χ1n) is 7.62. The Bertz CT molecular complexity index is 878. The van der Waals surface area contributed by atoms with Gasteiger partial charge in [-0.1, -0.05) is 17.7 Å². The lowest BCUT2D eigenvalue weighted by Gasteiger charge is -2.28. The lowest BCUT2D eigenvalue weighted by molar-refractivity contribution is -0.384. The number of aryl methyl sites for hydroxylation is 1. The molecular weight excluding hydrogens is 360 g/mol. The third-order valence-corrected chi connectivity index (χ3v) is 6.39. The van der Waals surface area contributed by atoms with Crippen molar-refractivity contribution >= 4 is 33.2 Å². The Morgan fingerprint density at radius 3 is 2.20 bits per heavy atom. The van der Waals surface area contributed by atoms with Gasteiger partial charge in [0.1, 0.15) is 5.69 Å². The summed E-state index contributed by atoms with van der Waals surface area (Å²) in [5.41, 5.74) is 0.778. The molecule has 6 nitrogen and oxygen atoms in total. The number of benzene rings is 2. The van der Waals surface area contributed by atoms with Crippen molar-refractivity contribution in [2.45, 2.75) is 36.6 Å². The summed E-state index contributed by atoms with van der Waals surface area (Å²) in [6.45, 7) is 5.25. The summed E-state index contributed by atoms with van der Waals surface area (Å²) in [5.74, 6) is 0. The van der Waals surface area contributed by atoms with E-state index in [9.17, 15) is 18.5 Å². The molecule has 2 rings (SSSR count). The van der Waals surface area contributed by atoms with Crippen LogP contribution in [0.4, 0.5) is 11.4 Å². The van der Waals surface area contributed by atoms with E-state index in [1.807, 2.05) is 13.2 Å². The topological polar surface area (TPSA) is 80.5 Å². The van der Waals surface area contributed by atoms with E-state index in [4.69, 9.17) is 0 Å². The van der Waals surface area contributed by atoms with Gasteiger partial charge >= 0.3 is 0 Å². The van der Waals surface area contributed by atoms with Gasteiger partial charge < -0.3 is 0 Å².